The summed E-state index contributed by atoms with van der Waals surface area (Å²) in [5.41, 5.74) is -0.211. The average molecular weight is 266 g/mol. The van der Waals surface area contributed by atoms with Gasteiger partial charge in [-0.3, -0.25) is 0 Å². The number of carbonyl (C=O) groups excluding carboxylic acids is 1. The minimum absolute atomic E-state index is 0.0349. The summed E-state index contributed by atoms with van der Waals surface area (Å²) in [5, 5.41) is 6.88. The van der Waals surface area contributed by atoms with Crippen molar-refractivity contribution in [3.8, 4) is 0 Å². The van der Waals surface area contributed by atoms with E-state index in [4.69, 9.17) is 4.52 Å². The fourth-order valence-corrected chi connectivity index (χ4v) is 1.85. The number of aromatic nitrogens is 2. The molecule has 1 aromatic heterocycles. The highest BCUT2D eigenvalue weighted by molar-refractivity contribution is 5.76. The third-order valence-electron chi connectivity index (χ3n) is 2.97. The third-order valence-corrected chi connectivity index (χ3v) is 2.97. The molecule has 0 spiro atoms. The molecule has 1 aliphatic rings. The molecule has 0 aromatic carbocycles. The Morgan fingerprint density at radius 3 is 2.53 bits per heavy atom. The SMILES string of the molecule is CC(C)c1noc(C2CN(C(=O)NC(C)(C)C)C2)n1. The second-order valence-electron chi connectivity index (χ2n) is 6.43. The maximum atomic E-state index is 11.9. The largest absolute Gasteiger partial charge is 0.339 e. The van der Waals surface area contributed by atoms with Crippen molar-refractivity contribution in [2.45, 2.75) is 52.0 Å². The molecular weight excluding hydrogens is 244 g/mol. The van der Waals surface area contributed by atoms with E-state index in [0.717, 1.165) is 5.82 Å². The van der Waals surface area contributed by atoms with Crippen molar-refractivity contribution < 1.29 is 9.32 Å². The number of nitrogens with zero attached hydrogens (tertiary/aromatic N) is 3. The first-order valence-corrected chi connectivity index (χ1v) is 6.67. The third kappa shape index (κ3) is 3.24. The van der Waals surface area contributed by atoms with Gasteiger partial charge in [-0.25, -0.2) is 4.79 Å². The molecule has 106 valence electrons. The van der Waals surface area contributed by atoms with Gasteiger partial charge in [0.05, 0.1) is 5.92 Å². The van der Waals surface area contributed by atoms with Gasteiger partial charge >= 0.3 is 6.03 Å². The Morgan fingerprint density at radius 1 is 1.42 bits per heavy atom. The van der Waals surface area contributed by atoms with Crippen LogP contribution in [0.4, 0.5) is 4.79 Å². The molecule has 6 nitrogen and oxygen atoms in total. The number of amides is 2. The molecule has 1 fully saturated rings. The van der Waals surface area contributed by atoms with E-state index >= 15 is 0 Å². The van der Waals surface area contributed by atoms with Crippen LogP contribution in [0.25, 0.3) is 0 Å². The van der Waals surface area contributed by atoms with Crippen LogP contribution in [0.2, 0.25) is 0 Å². The molecule has 2 heterocycles. The van der Waals surface area contributed by atoms with Gasteiger partial charge in [-0.05, 0) is 20.8 Å². The molecule has 1 aromatic rings. The summed E-state index contributed by atoms with van der Waals surface area (Å²) >= 11 is 0. The highest BCUT2D eigenvalue weighted by Crippen LogP contribution is 2.26. The molecule has 0 radical (unpaired) electrons. The van der Waals surface area contributed by atoms with Crippen molar-refractivity contribution in [1.29, 1.82) is 0 Å². The molecule has 0 atom stereocenters. The quantitative estimate of drug-likeness (QED) is 0.889. The topological polar surface area (TPSA) is 71.3 Å². The highest BCUT2D eigenvalue weighted by Gasteiger charge is 2.36. The maximum absolute atomic E-state index is 11.9. The van der Waals surface area contributed by atoms with E-state index in [1.54, 1.807) is 4.90 Å². The zero-order valence-electron chi connectivity index (χ0n) is 12.2. The summed E-state index contributed by atoms with van der Waals surface area (Å²) in [6, 6.07) is -0.0349. The first-order chi connectivity index (χ1) is 8.76. The smallest absolute Gasteiger partial charge is 0.317 e. The number of nitrogens with one attached hydrogen (secondary N) is 1. The Bertz CT molecular complexity index is 455. The van der Waals surface area contributed by atoms with E-state index in [-0.39, 0.29) is 23.4 Å². The molecule has 0 saturated carbocycles. The molecular formula is C13H22N4O2. The molecule has 1 N–H and O–H groups in total. The van der Waals surface area contributed by atoms with E-state index < -0.39 is 0 Å². The van der Waals surface area contributed by atoms with Gasteiger partial charge in [0, 0.05) is 24.5 Å². The molecule has 0 aliphatic carbocycles. The zero-order valence-corrected chi connectivity index (χ0v) is 12.2. The predicted octanol–water partition coefficient (Wildman–Crippen LogP) is 2.10. The lowest BCUT2D eigenvalue weighted by molar-refractivity contribution is 0.131. The fourth-order valence-electron chi connectivity index (χ4n) is 1.85. The van der Waals surface area contributed by atoms with Crippen molar-refractivity contribution in [3.05, 3.63) is 11.7 Å². The van der Waals surface area contributed by atoms with Crippen LogP contribution in [0, 0.1) is 0 Å². The van der Waals surface area contributed by atoms with Crippen LogP contribution in [-0.2, 0) is 0 Å². The lowest BCUT2D eigenvalue weighted by atomic mass is 10.0. The van der Waals surface area contributed by atoms with Gasteiger partial charge in [0.2, 0.25) is 5.89 Å². The zero-order chi connectivity index (χ0) is 14.2. The van der Waals surface area contributed by atoms with Gasteiger partial charge in [-0.15, -0.1) is 0 Å². The van der Waals surface area contributed by atoms with Gasteiger partial charge in [-0.1, -0.05) is 19.0 Å². The Morgan fingerprint density at radius 2 is 2.05 bits per heavy atom. The summed E-state index contributed by atoms with van der Waals surface area (Å²) < 4.78 is 5.24. The van der Waals surface area contributed by atoms with E-state index in [2.05, 4.69) is 15.5 Å². The van der Waals surface area contributed by atoms with Crippen LogP contribution in [0.3, 0.4) is 0 Å². The summed E-state index contributed by atoms with van der Waals surface area (Å²) in [6.07, 6.45) is 0. The van der Waals surface area contributed by atoms with E-state index in [1.165, 1.54) is 0 Å². The lowest BCUT2D eigenvalue weighted by Gasteiger charge is -2.38. The molecule has 0 bridgehead atoms. The van der Waals surface area contributed by atoms with Crippen LogP contribution < -0.4 is 5.32 Å². The first-order valence-electron chi connectivity index (χ1n) is 6.67. The molecule has 1 saturated heterocycles. The van der Waals surface area contributed by atoms with Gasteiger partial charge in [0.1, 0.15) is 0 Å². The number of hydrogen-bond acceptors (Lipinski definition) is 4. The van der Waals surface area contributed by atoms with Gasteiger partial charge in [0.25, 0.3) is 0 Å². The monoisotopic (exact) mass is 266 g/mol. The van der Waals surface area contributed by atoms with Crippen LogP contribution in [0.5, 0.6) is 0 Å². The first kappa shape index (κ1) is 13.8. The molecule has 2 rings (SSSR count). The van der Waals surface area contributed by atoms with Gasteiger partial charge < -0.3 is 14.7 Å². The van der Waals surface area contributed by atoms with Crippen molar-refractivity contribution >= 4 is 6.03 Å². The fraction of sp³-hybridized carbons (Fsp3) is 0.769. The lowest BCUT2D eigenvalue weighted by Crippen LogP contribution is -2.56. The minimum atomic E-state index is -0.211. The number of carbonyl (C=O) groups is 1. The predicted molar refractivity (Wildman–Crippen MR) is 71.0 cm³/mol. The Kier molecular flexibility index (Phi) is 3.52. The van der Waals surface area contributed by atoms with E-state index in [1.807, 2.05) is 34.6 Å². The molecule has 19 heavy (non-hydrogen) atoms. The number of rotatable bonds is 2. The Labute approximate surface area is 113 Å². The molecule has 0 unspecified atom stereocenters. The highest BCUT2D eigenvalue weighted by atomic mass is 16.5. The summed E-state index contributed by atoms with van der Waals surface area (Å²) in [7, 11) is 0. The Balaban J connectivity index is 1.87. The normalized spacial score (nSPS) is 16.6. The summed E-state index contributed by atoms with van der Waals surface area (Å²) in [4.78, 5) is 18.0. The average Bonchev–Trinajstić information content (AvgIpc) is 2.61. The molecule has 6 heteroatoms. The number of urea groups is 1. The van der Waals surface area contributed by atoms with Crippen molar-refractivity contribution in [1.82, 2.24) is 20.4 Å². The Hall–Kier alpha value is -1.59. The molecule has 1 aliphatic heterocycles. The van der Waals surface area contributed by atoms with Crippen LogP contribution in [0.1, 0.15) is 58.2 Å². The second kappa shape index (κ2) is 4.83. The standard InChI is InChI=1S/C13H22N4O2/c1-8(2)10-14-11(19-16-10)9-6-17(7-9)12(18)15-13(3,4)5/h8-9H,6-7H2,1-5H3,(H,15,18). The molecule has 2 amide bonds. The number of likely N-dealkylation sites (tertiary alicyclic amines) is 1. The second-order valence-corrected chi connectivity index (χ2v) is 6.43. The summed E-state index contributed by atoms with van der Waals surface area (Å²) in [6.45, 7) is 11.2. The van der Waals surface area contributed by atoms with Gasteiger partial charge in [0.15, 0.2) is 5.82 Å². The van der Waals surface area contributed by atoms with Crippen molar-refractivity contribution in [3.63, 3.8) is 0 Å². The summed E-state index contributed by atoms with van der Waals surface area (Å²) in [5.74, 6) is 1.81. The number of hydrogen-bond donors (Lipinski definition) is 1. The maximum Gasteiger partial charge on any atom is 0.317 e. The van der Waals surface area contributed by atoms with Crippen molar-refractivity contribution in [2.75, 3.05) is 13.1 Å². The van der Waals surface area contributed by atoms with Gasteiger partial charge in [-0.2, -0.15) is 4.98 Å². The van der Waals surface area contributed by atoms with Crippen LogP contribution in [-0.4, -0.2) is 39.7 Å². The van der Waals surface area contributed by atoms with E-state index in [9.17, 15) is 4.79 Å². The van der Waals surface area contributed by atoms with E-state index in [0.29, 0.717) is 19.0 Å². The van der Waals surface area contributed by atoms with Crippen molar-refractivity contribution in [2.24, 2.45) is 0 Å². The van der Waals surface area contributed by atoms with Crippen LogP contribution >= 0.6 is 0 Å². The van der Waals surface area contributed by atoms with Crippen LogP contribution in [0.15, 0.2) is 4.52 Å². The minimum Gasteiger partial charge on any atom is -0.339 e.